The van der Waals surface area contributed by atoms with E-state index < -0.39 is 19.0 Å². The summed E-state index contributed by atoms with van der Waals surface area (Å²) in [7, 11) is 0. The fraction of sp³-hybridized carbons (Fsp3) is 1.00. The molecule has 0 radical (unpaired) electrons. The molecule has 5 heteroatoms. The molecule has 0 aromatic carbocycles. The van der Waals surface area contributed by atoms with E-state index in [1.54, 1.807) is 0 Å². The molecule has 6 N–H and O–H groups in total. The van der Waals surface area contributed by atoms with Crippen LogP contribution in [-0.4, -0.2) is 44.9 Å². The minimum Gasteiger partial charge on any atom is -0.412 e. The first-order valence-electron chi connectivity index (χ1n) is 1.83. The van der Waals surface area contributed by atoms with E-state index in [9.17, 15) is 0 Å². The summed E-state index contributed by atoms with van der Waals surface area (Å²) in [6, 6.07) is 0. The molecular weight excluding hydrogens is 116 g/mol. The van der Waals surface area contributed by atoms with Crippen molar-refractivity contribution in [2.45, 2.75) is 12.4 Å². The van der Waals surface area contributed by atoms with Gasteiger partial charge >= 0.3 is 0 Å². The second kappa shape index (κ2) is 4.95. The Morgan fingerprint density at radius 3 is 1.50 bits per heavy atom. The van der Waals surface area contributed by atoms with Gasteiger partial charge in [-0.2, -0.15) is 0 Å². The molecular formula is C3H10O5. The van der Waals surface area contributed by atoms with Crippen LogP contribution < -0.4 is 0 Å². The van der Waals surface area contributed by atoms with Gasteiger partial charge in [-0.15, -0.1) is 0 Å². The van der Waals surface area contributed by atoms with Crippen molar-refractivity contribution in [1.29, 1.82) is 0 Å². The summed E-state index contributed by atoms with van der Waals surface area (Å²) in [6.45, 7) is -0.627. The van der Waals surface area contributed by atoms with Gasteiger partial charge in [0.25, 0.3) is 0 Å². The fourth-order valence-electron chi connectivity index (χ4n) is 0.0943. The topological polar surface area (TPSA) is 112 Å². The summed E-state index contributed by atoms with van der Waals surface area (Å²) < 4.78 is 0. The molecule has 0 aliphatic rings. The lowest BCUT2D eigenvalue weighted by molar-refractivity contribution is -0.134. The van der Waals surface area contributed by atoms with E-state index in [-0.39, 0.29) is 5.48 Å². The maximum absolute atomic E-state index is 8.19. The van der Waals surface area contributed by atoms with Crippen LogP contribution in [0.2, 0.25) is 0 Å². The van der Waals surface area contributed by atoms with Gasteiger partial charge in [0.05, 0.1) is 6.61 Å². The van der Waals surface area contributed by atoms with E-state index in [2.05, 4.69) is 0 Å². The van der Waals surface area contributed by atoms with Crippen molar-refractivity contribution < 1.29 is 25.9 Å². The van der Waals surface area contributed by atoms with Crippen LogP contribution >= 0.6 is 0 Å². The molecule has 0 aliphatic heterocycles. The van der Waals surface area contributed by atoms with Crippen molar-refractivity contribution in [2.75, 3.05) is 6.61 Å². The lowest BCUT2D eigenvalue weighted by Gasteiger charge is -2.06. The minimum absolute atomic E-state index is 0. The van der Waals surface area contributed by atoms with Gasteiger partial charge < -0.3 is 25.9 Å². The average Bonchev–Trinajstić information content (AvgIpc) is 1.65. The monoisotopic (exact) mass is 126 g/mol. The molecule has 1 unspecified atom stereocenters. The van der Waals surface area contributed by atoms with E-state index in [1.165, 1.54) is 0 Å². The second-order valence-corrected chi connectivity index (χ2v) is 1.16. The van der Waals surface area contributed by atoms with E-state index in [1.807, 2.05) is 0 Å². The van der Waals surface area contributed by atoms with Crippen molar-refractivity contribution in [3.05, 3.63) is 0 Å². The Balaban J connectivity index is 0. The largest absolute Gasteiger partial charge is 0.412 e. The Bertz CT molecular complexity index is 44.9. The summed E-state index contributed by atoms with van der Waals surface area (Å²) in [5.74, 6) is 0. The Hall–Kier alpha value is -0.200. The quantitative estimate of drug-likeness (QED) is 0.292. The van der Waals surface area contributed by atoms with Crippen LogP contribution in [0, 0.1) is 0 Å². The molecule has 1 atom stereocenters. The standard InChI is InChI=1S/C3H8O4.H2O/c4-1-2(5)3(6)7;/h2-7H,1H2;1H2. The van der Waals surface area contributed by atoms with Crippen LogP contribution in [0.5, 0.6) is 0 Å². The van der Waals surface area contributed by atoms with E-state index in [4.69, 9.17) is 20.4 Å². The molecule has 0 spiro atoms. The Morgan fingerprint density at radius 1 is 1.12 bits per heavy atom. The van der Waals surface area contributed by atoms with Crippen molar-refractivity contribution in [2.24, 2.45) is 0 Å². The molecule has 52 valence electrons. The van der Waals surface area contributed by atoms with Gasteiger partial charge in [-0.05, 0) is 0 Å². The molecule has 0 amide bonds. The Labute approximate surface area is 46.1 Å². The van der Waals surface area contributed by atoms with Crippen LogP contribution in [-0.2, 0) is 0 Å². The van der Waals surface area contributed by atoms with E-state index in [0.29, 0.717) is 0 Å². The first-order valence-corrected chi connectivity index (χ1v) is 1.83. The smallest absolute Gasteiger partial charge is 0.180 e. The molecule has 0 heterocycles. The third-order valence-corrected chi connectivity index (χ3v) is 0.531. The van der Waals surface area contributed by atoms with Crippen LogP contribution in [0.1, 0.15) is 0 Å². The van der Waals surface area contributed by atoms with Gasteiger partial charge in [0.2, 0.25) is 0 Å². The van der Waals surface area contributed by atoms with Crippen LogP contribution in [0.25, 0.3) is 0 Å². The molecule has 0 aliphatic carbocycles. The molecule has 8 heavy (non-hydrogen) atoms. The van der Waals surface area contributed by atoms with E-state index in [0.717, 1.165) is 0 Å². The number of rotatable bonds is 2. The predicted molar refractivity (Wildman–Crippen MR) is 24.9 cm³/mol. The SMILES string of the molecule is O.OCC(O)C(O)O. The second-order valence-electron chi connectivity index (χ2n) is 1.16. The van der Waals surface area contributed by atoms with Crippen LogP contribution in [0.15, 0.2) is 0 Å². The van der Waals surface area contributed by atoms with Crippen LogP contribution in [0.4, 0.5) is 0 Å². The van der Waals surface area contributed by atoms with E-state index >= 15 is 0 Å². The molecule has 0 bridgehead atoms. The minimum atomic E-state index is -1.83. The average molecular weight is 126 g/mol. The molecule has 5 nitrogen and oxygen atoms in total. The Morgan fingerprint density at radius 2 is 1.50 bits per heavy atom. The zero-order chi connectivity index (χ0) is 5.86. The highest BCUT2D eigenvalue weighted by molar-refractivity contribution is 4.50. The predicted octanol–water partition coefficient (Wildman–Crippen LogP) is -3.17. The highest BCUT2D eigenvalue weighted by Gasteiger charge is 2.08. The lowest BCUT2D eigenvalue weighted by Crippen LogP contribution is -2.28. The summed E-state index contributed by atoms with van der Waals surface area (Å²) in [6.07, 6.45) is -3.26. The number of hydrogen-bond donors (Lipinski definition) is 4. The lowest BCUT2D eigenvalue weighted by atomic mass is 10.4. The first-order chi connectivity index (χ1) is 3.18. The highest BCUT2D eigenvalue weighted by atomic mass is 16.5. The molecule has 0 saturated carbocycles. The number of hydrogen-bond acceptors (Lipinski definition) is 4. The first kappa shape index (κ1) is 10.7. The zero-order valence-corrected chi connectivity index (χ0v) is 4.15. The number of aliphatic hydroxyl groups is 4. The van der Waals surface area contributed by atoms with Crippen LogP contribution in [0.3, 0.4) is 0 Å². The summed E-state index contributed by atoms with van der Waals surface area (Å²) in [5, 5.41) is 32.1. The van der Waals surface area contributed by atoms with Crippen molar-refractivity contribution in [1.82, 2.24) is 0 Å². The Kier molecular flexibility index (Phi) is 6.63. The maximum Gasteiger partial charge on any atom is 0.180 e. The molecule has 0 aromatic rings. The summed E-state index contributed by atoms with van der Waals surface area (Å²) in [5.41, 5.74) is 0. The van der Waals surface area contributed by atoms with Gasteiger partial charge in [0, 0.05) is 0 Å². The molecule has 0 aromatic heterocycles. The molecule has 0 saturated heterocycles. The van der Waals surface area contributed by atoms with Gasteiger partial charge in [-0.1, -0.05) is 0 Å². The van der Waals surface area contributed by atoms with Gasteiger partial charge in [0.1, 0.15) is 6.10 Å². The molecule has 0 fully saturated rings. The van der Waals surface area contributed by atoms with Gasteiger partial charge in [0.15, 0.2) is 6.29 Å². The zero-order valence-electron chi connectivity index (χ0n) is 4.15. The third-order valence-electron chi connectivity index (χ3n) is 0.531. The summed E-state index contributed by atoms with van der Waals surface area (Å²) in [4.78, 5) is 0. The normalized spacial score (nSPS) is 13.1. The molecule has 0 rings (SSSR count). The van der Waals surface area contributed by atoms with Crippen molar-refractivity contribution in [3.63, 3.8) is 0 Å². The van der Waals surface area contributed by atoms with Crippen molar-refractivity contribution in [3.8, 4) is 0 Å². The van der Waals surface area contributed by atoms with Gasteiger partial charge in [-0.25, -0.2) is 0 Å². The highest BCUT2D eigenvalue weighted by Crippen LogP contribution is 1.83. The maximum atomic E-state index is 8.19. The number of aliphatic hydroxyl groups excluding tert-OH is 3. The third kappa shape index (κ3) is 3.97. The summed E-state index contributed by atoms with van der Waals surface area (Å²) >= 11 is 0. The fourth-order valence-corrected chi connectivity index (χ4v) is 0.0943. The van der Waals surface area contributed by atoms with Crippen molar-refractivity contribution >= 4 is 0 Å². The van der Waals surface area contributed by atoms with Gasteiger partial charge in [-0.3, -0.25) is 0 Å².